The van der Waals surface area contributed by atoms with E-state index in [0.29, 0.717) is 11.9 Å². The number of ether oxygens (including phenoxy) is 1. The van der Waals surface area contributed by atoms with Crippen LogP contribution in [0.4, 0.5) is 5.82 Å². The molecule has 1 aliphatic rings. The first-order chi connectivity index (χ1) is 8.99. The van der Waals surface area contributed by atoms with Gasteiger partial charge in [0.1, 0.15) is 0 Å². The van der Waals surface area contributed by atoms with E-state index in [1.807, 2.05) is 6.20 Å². The fourth-order valence-electron chi connectivity index (χ4n) is 2.35. The van der Waals surface area contributed by atoms with Gasteiger partial charge in [-0.25, -0.2) is 0 Å². The zero-order chi connectivity index (χ0) is 13.9. The van der Waals surface area contributed by atoms with E-state index < -0.39 is 0 Å². The van der Waals surface area contributed by atoms with Crippen LogP contribution in [0.15, 0.2) is 12.4 Å². The molecule has 2 rings (SSSR count). The van der Waals surface area contributed by atoms with Gasteiger partial charge in [-0.3, -0.25) is 4.98 Å². The molecule has 106 valence electrons. The molecule has 1 N–H and O–H groups in total. The molecule has 2 heterocycles. The topological polar surface area (TPSA) is 50.3 Å². The molecule has 1 aliphatic heterocycles. The third-order valence-electron chi connectivity index (χ3n) is 3.35. The molecular formula is C14H24N4O. The summed E-state index contributed by atoms with van der Waals surface area (Å²) in [5.41, 5.74) is 0.147. The molecule has 0 radical (unpaired) electrons. The van der Waals surface area contributed by atoms with Crippen molar-refractivity contribution < 1.29 is 4.74 Å². The maximum Gasteiger partial charge on any atom is 0.233 e. The van der Waals surface area contributed by atoms with Gasteiger partial charge in [-0.1, -0.05) is 0 Å². The molecule has 5 nitrogen and oxygen atoms in total. The maximum atomic E-state index is 5.15. The van der Waals surface area contributed by atoms with Crippen molar-refractivity contribution in [1.29, 1.82) is 0 Å². The predicted molar refractivity (Wildman–Crippen MR) is 76.7 cm³/mol. The SMILES string of the molecule is COc1cncc(N2CCCC2CNC(C)(C)C)n1. The number of hydrogen-bond acceptors (Lipinski definition) is 5. The average molecular weight is 264 g/mol. The summed E-state index contributed by atoms with van der Waals surface area (Å²) in [6.45, 7) is 8.59. The second kappa shape index (κ2) is 5.74. The van der Waals surface area contributed by atoms with Crippen LogP contribution in [0.3, 0.4) is 0 Å². The zero-order valence-corrected chi connectivity index (χ0v) is 12.3. The van der Waals surface area contributed by atoms with E-state index >= 15 is 0 Å². The number of hydrogen-bond donors (Lipinski definition) is 1. The van der Waals surface area contributed by atoms with Gasteiger partial charge < -0.3 is 15.0 Å². The van der Waals surface area contributed by atoms with Crippen molar-refractivity contribution in [2.45, 2.75) is 45.2 Å². The molecule has 0 bridgehead atoms. The van der Waals surface area contributed by atoms with Gasteiger partial charge in [0, 0.05) is 24.7 Å². The Hall–Kier alpha value is -1.36. The van der Waals surface area contributed by atoms with Gasteiger partial charge in [-0.05, 0) is 33.6 Å². The second-order valence-corrected chi connectivity index (χ2v) is 6.04. The normalized spacial score (nSPS) is 19.8. The van der Waals surface area contributed by atoms with Crippen LogP contribution in [-0.4, -0.2) is 41.7 Å². The Labute approximate surface area is 115 Å². The highest BCUT2D eigenvalue weighted by Gasteiger charge is 2.27. The van der Waals surface area contributed by atoms with Crippen molar-refractivity contribution in [2.75, 3.05) is 25.1 Å². The van der Waals surface area contributed by atoms with E-state index in [2.05, 4.69) is 41.0 Å². The summed E-state index contributed by atoms with van der Waals surface area (Å²) >= 11 is 0. The van der Waals surface area contributed by atoms with Crippen molar-refractivity contribution in [3.8, 4) is 5.88 Å². The van der Waals surface area contributed by atoms with Crippen molar-refractivity contribution in [3.05, 3.63) is 12.4 Å². The fraction of sp³-hybridized carbons (Fsp3) is 0.714. The number of anilines is 1. The molecule has 0 aliphatic carbocycles. The molecule has 0 amide bonds. The smallest absolute Gasteiger partial charge is 0.233 e. The van der Waals surface area contributed by atoms with Crippen LogP contribution in [0.2, 0.25) is 0 Å². The minimum atomic E-state index is 0.147. The average Bonchev–Trinajstić information content (AvgIpc) is 2.84. The lowest BCUT2D eigenvalue weighted by atomic mass is 10.1. The summed E-state index contributed by atoms with van der Waals surface area (Å²) in [5, 5.41) is 3.57. The first kappa shape index (κ1) is 14.1. The number of nitrogens with one attached hydrogen (secondary N) is 1. The molecule has 19 heavy (non-hydrogen) atoms. The van der Waals surface area contributed by atoms with E-state index in [-0.39, 0.29) is 5.54 Å². The van der Waals surface area contributed by atoms with Crippen LogP contribution in [0, 0.1) is 0 Å². The van der Waals surface area contributed by atoms with E-state index in [1.54, 1.807) is 13.3 Å². The molecule has 5 heteroatoms. The monoisotopic (exact) mass is 264 g/mol. The lowest BCUT2D eigenvalue weighted by molar-refractivity contribution is 0.392. The van der Waals surface area contributed by atoms with Crippen molar-refractivity contribution >= 4 is 5.82 Å². The Morgan fingerprint density at radius 1 is 1.42 bits per heavy atom. The van der Waals surface area contributed by atoms with Crippen molar-refractivity contribution in [1.82, 2.24) is 15.3 Å². The summed E-state index contributed by atoms with van der Waals surface area (Å²) in [6, 6.07) is 0.487. The van der Waals surface area contributed by atoms with Crippen LogP contribution in [0.1, 0.15) is 33.6 Å². The predicted octanol–water partition coefficient (Wildman–Crippen LogP) is 1.84. The fourth-order valence-corrected chi connectivity index (χ4v) is 2.35. The number of aromatic nitrogens is 2. The van der Waals surface area contributed by atoms with Gasteiger partial charge in [-0.2, -0.15) is 4.98 Å². The summed E-state index contributed by atoms with van der Waals surface area (Å²) in [5.74, 6) is 1.49. The highest BCUT2D eigenvalue weighted by molar-refractivity contribution is 5.40. The number of methoxy groups -OCH3 is 1. The largest absolute Gasteiger partial charge is 0.480 e. The molecule has 0 aromatic carbocycles. The summed E-state index contributed by atoms with van der Waals surface area (Å²) < 4.78 is 5.15. The third-order valence-corrected chi connectivity index (χ3v) is 3.35. The van der Waals surface area contributed by atoms with Crippen LogP contribution in [0.25, 0.3) is 0 Å². The van der Waals surface area contributed by atoms with Crippen LogP contribution < -0.4 is 15.0 Å². The molecule has 1 aromatic rings. The van der Waals surface area contributed by atoms with Gasteiger partial charge >= 0.3 is 0 Å². The van der Waals surface area contributed by atoms with Gasteiger partial charge in [0.05, 0.1) is 19.5 Å². The standard InChI is InChI=1S/C14H24N4O/c1-14(2,3)16-8-11-6-5-7-18(11)12-9-15-10-13(17-12)19-4/h9-11,16H,5-8H2,1-4H3. The summed E-state index contributed by atoms with van der Waals surface area (Å²) in [7, 11) is 1.62. The zero-order valence-electron chi connectivity index (χ0n) is 12.3. The van der Waals surface area contributed by atoms with Crippen LogP contribution >= 0.6 is 0 Å². The minimum Gasteiger partial charge on any atom is -0.480 e. The highest BCUT2D eigenvalue weighted by atomic mass is 16.5. The Morgan fingerprint density at radius 3 is 2.89 bits per heavy atom. The van der Waals surface area contributed by atoms with Crippen molar-refractivity contribution in [3.63, 3.8) is 0 Å². The maximum absolute atomic E-state index is 5.15. The molecule has 1 saturated heterocycles. The lowest BCUT2D eigenvalue weighted by Crippen LogP contribution is -2.45. The van der Waals surface area contributed by atoms with Gasteiger partial charge in [0.25, 0.3) is 0 Å². The molecule has 1 fully saturated rings. The van der Waals surface area contributed by atoms with E-state index in [0.717, 1.165) is 18.9 Å². The Morgan fingerprint density at radius 2 is 2.21 bits per heavy atom. The summed E-state index contributed by atoms with van der Waals surface area (Å²) in [4.78, 5) is 11.0. The highest BCUT2D eigenvalue weighted by Crippen LogP contribution is 2.24. The molecular weight excluding hydrogens is 240 g/mol. The Bertz CT molecular complexity index is 416. The molecule has 1 atom stereocenters. The van der Waals surface area contributed by atoms with E-state index in [4.69, 9.17) is 4.74 Å². The van der Waals surface area contributed by atoms with Crippen molar-refractivity contribution in [2.24, 2.45) is 0 Å². The van der Waals surface area contributed by atoms with Gasteiger partial charge in [0.15, 0.2) is 5.82 Å². The first-order valence-electron chi connectivity index (χ1n) is 6.87. The Balaban J connectivity index is 2.05. The molecule has 0 saturated carbocycles. The number of nitrogens with zero attached hydrogens (tertiary/aromatic N) is 3. The van der Waals surface area contributed by atoms with Gasteiger partial charge in [0.2, 0.25) is 5.88 Å². The summed E-state index contributed by atoms with van der Waals surface area (Å²) in [6.07, 6.45) is 5.86. The lowest BCUT2D eigenvalue weighted by Gasteiger charge is -2.29. The van der Waals surface area contributed by atoms with E-state index in [1.165, 1.54) is 12.8 Å². The quantitative estimate of drug-likeness (QED) is 0.899. The van der Waals surface area contributed by atoms with Gasteiger partial charge in [-0.15, -0.1) is 0 Å². The number of rotatable bonds is 4. The van der Waals surface area contributed by atoms with Crippen LogP contribution in [0.5, 0.6) is 5.88 Å². The molecule has 0 spiro atoms. The molecule has 1 aromatic heterocycles. The minimum absolute atomic E-state index is 0.147. The van der Waals surface area contributed by atoms with E-state index in [9.17, 15) is 0 Å². The second-order valence-electron chi connectivity index (χ2n) is 6.04. The Kier molecular flexibility index (Phi) is 4.24. The van der Waals surface area contributed by atoms with Crippen LogP contribution in [-0.2, 0) is 0 Å². The third kappa shape index (κ3) is 3.80. The molecule has 1 unspecified atom stereocenters. The first-order valence-corrected chi connectivity index (χ1v) is 6.87.